The molecule has 0 unspecified atom stereocenters. The van der Waals surface area contributed by atoms with E-state index in [-0.39, 0.29) is 11.3 Å². The molecule has 1 fully saturated rings. The summed E-state index contributed by atoms with van der Waals surface area (Å²) in [6.45, 7) is 10.1. The minimum absolute atomic E-state index is 0.0454. The van der Waals surface area contributed by atoms with E-state index in [1.54, 1.807) is 25.3 Å². The van der Waals surface area contributed by atoms with Gasteiger partial charge in [0.25, 0.3) is 5.78 Å². The number of ether oxygens (including phenoxy) is 1. The maximum Gasteiger partial charge on any atom is 0.301 e. The molecule has 0 spiro atoms. The largest absolute Gasteiger partial charge is 0.507 e. The fraction of sp³-hybridized carbons (Fsp3) is 0.258. The Morgan fingerprint density at radius 1 is 1.00 bits per heavy atom. The molecule has 38 heavy (non-hydrogen) atoms. The van der Waals surface area contributed by atoms with Crippen molar-refractivity contribution >= 4 is 44.1 Å². The number of aliphatic hydroxyl groups excluding tert-OH is 1. The summed E-state index contributed by atoms with van der Waals surface area (Å²) < 4.78 is 6.30. The van der Waals surface area contributed by atoms with Crippen molar-refractivity contribution in [2.75, 3.05) is 12.0 Å². The Balaban J connectivity index is 1.73. The summed E-state index contributed by atoms with van der Waals surface area (Å²) in [6.07, 6.45) is 0. The minimum atomic E-state index is -0.819. The number of fused-ring (bicyclic) bond motifs is 1. The molecule has 1 saturated heterocycles. The van der Waals surface area contributed by atoms with E-state index in [4.69, 9.17) is 9.72 Å². The van der Waals surface area contributed by atoms with Crippen LogP contribution in [0.5, 0.6) is 5.75 Å². The first-order chi connectivity index (χ1) is 18.1. The Morgan fingerprint density at radius 3 is 2.34 bits per heavy atom. The van der Waals surface area contributed by atoms with Gasteiger partial charge in [0.1, 0.15) is 11.5 Å². The Bertz CT molecular complexity index is 1620. The summed E-state index contributed by atoms with van der Waals surface area (Å²) in [5.41, 5.74) is 6.08. The number of benzene rings is 3. The molecule has 2 heterocycles. The third-order valence-corrected chi connectivity index (χ3v) is 8.06. The Kier molecular flexibility index (Phi) is 6.57. The van der Waals surface area contributed by atoms with Crippen LogP contribution in [-0.2, 0) is 9.59 Å². The highest BCUT2D eigenvalue weighted by Gasteiger charge is 2.48. The standard InChI is InChI=1S/C31H30N2O4S/c1-16(2)20-7-9-21(10-8-20)27-25(28(34)22-11-12-23(37-6)18(4)15-22)29(35)30(36)33(27)31-32-26-19(5)13-17(3)14-24(26)38-31/h7-16,27,34H,1-6H3/t27-/m0/s1. The number of nitrogens with zero attached hydrogens (tertiary/aromatic N) is 2. The average Bonchev–Trinajstić information content (AvgIpc) is 3.42. The second-order valence-corrected chi connectivity index (χ2v) is 11.1. The molecule has 0 aliphatic carbocycles. The van der Waals surface area contributed by atoms with Gasteiger partial charge >= 0.3 is 5.91 Å². The quantitative estimate of drug-likeness (QED) is 0.172. The molecular weight excluding hydrogens is 496 g/mol. The fourth-order valence-corrected chi connectivity index (χ4v) is 6.22. The van der Waals surface area contributed by atoms with Gasteiger partial charge in [0.05, 0.1) is 28.9 Å². The first-order valence-electron chi connectivity index (χ1n) is 12.5. The van der Waals surface area contributed by atoms with Crippen molar-refractivity contribution in [3.05, 3.63) is 93.6 Å². The zero-order chi connectivity index (χ0) is 27.3. The van der Waals surface area contributed by atoms with E-state index in [1.165, 1.54) is 16.2 Å². The van der Waals surface area contributed by atoms with Crippen LogP contribution >= 0.6 is 11.3 Å². The highest BCUT2D eigenvalue weighted by atomic mass is 32.1. The normalized spacial score (nSPS) is 17.1. The van der Waals surface area contributed by atoms with Crippen molar-refractivity contribution in [2.45, 2.75) is 46.6 Å². The third-order valence-electron chi connectivity index (χ3n) is 7.06. The number of hydrogen-bond donors (Lipinski definition) is 1. The molecule has 4 aromatic rings. The van der Waals surface area contributed by atoms with Crippen LogP contribution in [0.15, 0.2) is 60.2 Å². The summed E-state index contributed by atoms with van der Waals surface area (Å²) in [4.78, 5) is 33.4. The van der Waals surface area contributed by atoms with E-state index in [0.717, 1.165) is 38.0 Å². The number of hydrogen-bond acceptors (Lipinski definition) is 6. The smallest absolute Gasteiger partial charge is 0.301 e. The van der Waals surface area contributed by atoms with Gasteiger partial charge in [-0.1, -0.05) is 55.5 Å². The van der Waals surface area contributed by atoms with Crippen molar-refractivity contribution in [3.63, 3.8) is 0 Å². The zero-order valence-corrected chi connectivity index (χ0v) is 23.1. The van der Waals surface area contributed by atoms with E-state index >= 15 is 0 Å². The Labute approximate surface area is 226 Å². The summed E-state index contributed by atoms with van der Waals surface area (Å²) >= 11 is 1.37. The number of carbonyl (C=O) groups excluding carboxylic acids is 2. The van der Waals surface area contributed by atoms with Gasteiger partial charge in [0.15, 0.2) is 5.13 Å². The van der Waals surface area contributed by atoms with Crippen LogP contribution in [0.1, 0.15) is 59.2 Å². The number of methoxy groups -OCH3 is 1. The highest BCUT2D eigenvalue weighted by molar-refractivity contribution is 7.22. The molecule has 1 aliphatic heterocycles. The van der Waals surface area contributed by atoms with Crippen LogP contribution < -0.4 is 9.64 Å². The second-order valence-electron chi connectivity index (χ2n) is 10.1. The van der Waals surface area contributed by atoms with Gasteiger partial charge in [-0.25, -0.2) is 4.98 Å². The van der Waals surface area contributed by atoms with Crippen LogP contribution in [0.4, 0.5) is 5.13 Å². The zero-order valence-electron chi connectivity index (χ0n) is 22.3. The summed E-state index contributed by atoms with van der Waals surface area (Å²) in [5, 5.41) is 11.9. The van der Waals surface area contributed by atoms with E-state index in [1.807, 2.05) is 57.2 Å². The third kappa shape index (κ3) is 4.27. The Morgan fingerprint density at radius 2 is 1.71 bits per heavy atom. The van der Waals surface area contributed by atoms with Gasteiger partial charge in [-0.3, -0.25) is 14.5 Å². The minimum Gasteiger partial charge on any atom is -0.507 e. The lowest BCUT2D eigenvalue weighted by atomic mass is 9.93. The molecule has 6 nitrogen and oxygen atoms in total. The van der Waals surface area contributed by atoms with Crippen LogP contribution in [0.2, 0.25) is 0 Å². The Hall–Kier alpha value is -3.97. The number of thiazole rings is 1. The molecule has 194 valence electrons. The lowest BCUT2D eigenvalue weighted by molar-refractivity contribution is -0.132. The van der Waals surface area contributed by atoms with E-state index in [0.29, 0.717) is 22.4 Å². The lowest BCUT2D eigenvalue weighted by Crippen LogP contribution is -2.29. The van der Waals surface area contributed by atoms with Gasteiger partial charge in [-0.05, 0) is 78.8 Å². The highest BCUT2D eigenvalue weighted by Crippen LogP contribution is 2.45. The number of anilines is 1. The molecule has 1 N–H and O–H groups in total. The second kappa shape index (κ2) is 9.72. The topological polar surface area (TPSA) is 79.7 Å². The number of ketones is 1. The fourth-order valence-electron chi connectivity index (χ4n) is 5.05. The molecule has 1 aliphatic rings. The van der Waals surface area contributed by atoms with Gasteiger partial charge in [0, 0.05) is 5.56 Å². The average molecular weight is 527 g/mol. The molecule has 1 amide bonds. The lowest BCUT2D eigenvalue weighted by Gasteiger charge is -2.23. The van der Waals surface area contributed by atoms with Crippen LogP contribution in [0.3, 0.4) is 0 Å². The number of amides is 1. The molecule has 1 aromatic heterocycles. The predicted molar refractivity (Wildman–Crippen MR) is 152 cm³/mol. The van der Waals surface area contributed by atoms with Crippen molar-refractivity contribution in [2.24, 2.45) is 0 Å². The molecule has 5 rings (SSSR count). The van der Waals surface area contributed by atoms with Crippen LogP contribution in [0, 0.1) is 20.8 Å². The van der Waals surface area contributed by atoms with Crippen LogP contribution in [-0.4, -0.2) is 28.9 Å². The van der Waals surface area contributed by atoms with Gasteiger partial charge < -0.3 is 9.84 Å². The van der Waals surface area contributed by atoms with Gasteiger partial charge in [0.2, 0.25) is 0 Å². The number of rotatable bonds is 5. The van der Waals surface area contributed by atoms with E-state index in [9.17, 15) is 14.7 Å². The number of Topliss-reactive ketones (excluding diaryl/α,β-unsaturated/α-hetero) is 1. The van der Waals surface area contributed by atoms with Crippen LogP contribution in [0.25, 0.3) is 16.0 Å². The summed E-state index contributed by atoms with van der Waals surface area (Å²) in [6, 6.07) is 16.3. The van der Waals surface area contributed by atoms with Gasteiger partial charge in [-0.15, -0.1) is 0 Å². The van der Waals surface area contributed by atoms with Crippen molar-refractivity contribution in [1.82, 2.24) is 4.98 Å². The maximum absolute atomic E-state index is 13.6. The van der Waals surface area contributed by atoms with Crippen molar-refractivity contribution < 1.29 is 19.4 Å². The molecule has 0 radical (unpaired) electrons. The molecule has 0 saturated carbocycles. The molecule has 0 bridgehead atoms. The number of carbonyl (C=O) groups is 2. The SMILES string of the molecule is COc1ccc(C(O)=C2C(=O)C(=O)N(c3nc4c(C)cc(C)cc4s3)[C@H]2c2ccc(C(C)C)cc2)cc1C. The molecule has 1 atom stereocenters. The number of aryl methyl sites for hydroxylation is 3. The number of aliphatic hydroxyl groups is 1. The van der Waals surface area contributed by atoms with E-state index in [2.05, 4.69) is 13.8 Å². The van der Waals surface area contributed by atoms with Gasteiger partial charge in [-0.2, -0.15) is 0 Å². The monoisotopic (exact) mass is 526 g/mol. The number of aromatic nitrogens is 1. The summed E-state index contributed by atoms with van der Waals surface area (Å²) in [5.74, 6) is -0.664. The first-order valence-corrected chi connectivity index (χ1v) is 13.4. The van der Waals surface area contributed by atoms with E-state index < -0.39 is 17.7 Å². The molecule has 7 heteroatoms. The first kappa shape index (κ1) is 25.7. The van der Waals surface area contributed by atoms with Crippen molar-refractivity contribution in [1.29, 1.82) is 0 Å². The molecule has 3 aromatic carbocycles. The van der Waals surface area contributed by atoms with Crippen molar-refractivity contribution in [3.8, 4) is 5.75 Å². The summed E-state index contributed by atoms with van der Waals surface area (Å²) in [7, 11) is 1.58. The predicted octanol–water partition coefficient (Wildman–Crippen LogP) is 6.98. The molecular formula is C31H30N2O4S. The maximum atomic E-state index is 13.6.